The highest BCUT2D eigenvalue weighted by molar-refractivity contribution is 7.99. The first-order chi connectivity index (χ1) is 12.6. The van der Waals surface area contributed by atoms with Gasteiger partial charge in [0.15, 0.2) is 10.9 Å². The van der Waals surface area contributed by atoms with Crippen LogP contribution in [0.15, 0.2) is 29.4 Å². The molecule has 0 fully saturated rings. The largest absolute Gasteiger partial charge is 0.333 e. The van der Waals surface area contributed by atoms with Crippen LogP contribution in [-0.4, -0.2) is 37.4 Å². The number of amides is 1. The number of imidazole rings is 1. The monoisotopic (exact) mass is 367 g/mol. The highest BCUT2D eigenvalue weighted by atomic mass is 32.2. The number of hydrogen-bond donors (Lipinski definition) is 2. The molecule has 0 atom stereocenters. The van der Waals surface area contributed by atoms with Crippen molar-refractivity contribution in [3.05, 3.63) is 41.2 Å². The molecule has 0 bridgehead atoms. The Hall–Kier alpha value is -2.74. The van der Waals surface area contributed by atoms with Gasteiger partial charge in [-0.1, -0.05) is 23.9 Å². The van der Waals surface area contributed by atoms with E-state index < -0.39 is 0 Å². The van der Waals surface area contributed by atoms with E-state index in [0.717, 1.165) is 29.6 Å². The second kappa shape index (κ2) is 6.87. The molecular weight excluding hydrogens is 350 g/mol. The second-order valence-corrected chi connectivity index (χ2v) is 7.09. The van der Waals surface area contributed by atoms with E-state index >= 15 is 0 Å². The van der Waals surface area contributed by atoms with Crippen molar-refractivity contribution in [2.75, 3.05) is 11.1 Å². The van der Waals surface area contributed by atoms with Crippen molar-refractivity contribution in [1.82, 2.24) is 19.9 Å². The summed E-state index contributed by atoms with van der Waals surface area (Å²) >= 11 is 1.32. The number of anilines is 1. The Balaban J connectivity index is 1.43. The Bertz CT molecular complexity index is 981. The van der Waals surface area contributed by atoms with Gasteiger partial charge in [0.05, 0.1) is 33.7 Å². The zero-order chi connectivity index (χ0) is 18.1. The topological polar surface area (TPSA) is 101 Å². The average Bonchev–Trinajstić information content (AvgIpc) is 3.03. The number of aromatic nitrogens is 4. The molecule has 4 rings (SSSR count). The summed E-state index contributed by atoms with van der Waals surface area (Å²) in [6.45, 7) is 1.78. The van der Waals surface area contributed by atoms with E-state index in [0.29, 0.717) is 22.8 Å². The zero-order valence-corrected chi connectivity index (χ0v) is 15.0. The molecule has 7 nitrogen and oxygen atoms in total. The first kappa shape index (κ1) is 16.7. The lowest BCUT2D eigenvalue weighted by atomic mass is 9.94. The number of fused-ring (bicyclic) bond motifs is 2. The quantitative estimate of drug-likeness (QED) is 0.688. The van der Waals surface area contributed by atoms with Gasteiger partial charge in [0.2, 0.25) is 11.9 Å². The van der Waals surface area contributed by atoms with Crippen molar-refractivity contribution in [3.8, 4) is 0 Å². The van der Waals surface area contributed by atoms with E-state index in [1.54, 1.807) is 6.92 Å². The van der Waals surface area contributed by atoms with E-state index in [4.69, 9.17) is 0 Å². The van der Waals surface area contributed by atoms with E-state index in [9.17, 15) is 9.59 Å². The Morgan fingerprint density at radius 3 is 2.92 bits per heavy atom. The standard InChI is InChI=1S/C18H17N5O2S/c1-10-16-13(7-4-8-14(16)24)20-17(19-10)23-15(25)9-26-18-21-11-5-2-3-6-12(11)22-18/h2-3,5-6H,4,7-9H2,1H3,(H,21,22)(H,19,20,23,25). The Morgan fingerprint density at radius 2 is 2.08 bits per heavy atom. The third-order valence-corrected chi connectivity index (χ3v) is 5.09. The lowest BCUT2D eigenvalue weighted by molar-refractivity contribution is -0.113. The lowest BCUT2D eigenvalue weighted by Gasteiger charge is -2.16. The number of nitrogens with zero attached hydrogens (tertiary/aromatic N) is 3. The van der Waals surface area contributed by atoms with Crippen molar-refractivity contribution < 1.29 is 9.59 Å². The molecule has 2 heterocycles. The Morgan fingerprint density at radius 1 is 1.23 bits per heavy atom. The Labute approximate surface area is 154 Å². The van der Waals surface area contributed by atoms with Crippen LogP contribution in [0.4, 0.5) is 5.95 Å². The minimum absolute atomic E-state index is 0.0852. The third-order valence-electron chi connectivity index (χ3n) is 4.22. The number of carbonyl (C=O) groups excluding carboxylic acids is 2. The first-order valence-corrected chi connectivity index (χ1v) is 9.37. The number of para-hydroxylation sites is 2. The summed E-state index contributed by atoms with van der Waals surface area (Å²) < 4.78 is 0. The number of Topliss-reactive ketones (excluding diaryl/α,β-unsaturated/α-hetero) is 1. The van der Waals surface area contributed by atoms with Crippen LogP contribution in [0.5, 0.6) is 0 Å². The van der Waals surface area contributed by atoms with Crippen LogP contribution in [-0.2, 0) is 11.2 Å². The highest BCUT2D eigenvalue weighted by Crippen LogP contribution is 2.23. The van der Waals surface area contributed by atoms with Crippen LogP contribution in [0.1, 0.15) is 34.6 Å². The second-order valence-electron chi connectivity index (χ2n) is 6.13. The number of ketones is 1. The van der Waals surface area contributed by atoms with Gasteiger partial charge in [0.1, 0.15) is 0 Å². The number of hydrogen-bond acceptors (Lipinski definition) is 6. The molecule has 2 N–H and O–H groups in total. The van der Waals surface area contributed by atoms with E-state index in [2.05, 4.69) is 25.3 Å². The smallest absolute Gasteiger partial charge is 0.237 e. The number of aromatic amines is 1. The molecule has 1 amide bonds. The van der Waals surface area contributed by atoms with Crippen LogP contribution in [0, 0.1) is 6.92 Å². The molecule has 1 aliphatic carbocycles. The molecule has 0 saturated carbocycles. The van der Waals surface area contributed by atoms with Gasteiger partial charge in [-0.05, 0) is 31.9 Å². The predicted octanol–water partition coefficient (Wildman–Crippen LogP) is 2.91. The maximum Gasteiger partial charge on any atom is 0.237 e. The summed E-state index contributed by atoms with van der Waals surface area (Å²) in [5.41, 5.74) is 3.78. The molecule has 0 aliphatic heterocycles. The normalized spacial score (nSPS) is 13.7. The van der Waals surface area contributed by atoms with Gasteiger partial charge in [-0.25, -0.2) is 15.0 Å². The molecule has 0 unspecified atom stereocenters. The number of aryl methyl sites for hydroxylation is 2. The number of rotatable bonds is 4. The molecule has 2 aromatic heterocycles. The van der Waals surface area contributed by atoms with Crippen molar-refractivity contribution in [2.45, 2.75) is 31.3 Å². The molecule has 0 spiro atoms. The number of H-pyrrole nitrogens is 1. The van der Waals surface area contributed by atoms with Crippen molar-refractivity contribution in [1.29, 1.82) is 0 Å². The molecule has 3 aromatic rings. The molecule has 8 heteroatoms. The molecule has 26 heavy (non-hydrogen) atoms. The van der Waals surface area contributed by atoms with Gasteiger partial charge in [0, 0.05) is 6.42 Å². The lowest BCUT2D eigenvalue weighted by Crippen LogP contribution is -2.21. The van der Waals surface area contributed by atoms with Gasteiger partial charge < -0.3 is 4.98 Å². The molecule has 1 aliphatic rings. The maximum atomic E-state index is 12.2. The van der Waals surface area contributed by atoms with E-state index in [1.807, 2.05) is 24.3 Å². The molecule has 0 saturated heterocycles. The average molecular weight is 367 g/mol. The Kier molecular flexibility index (Phi) is 4.42. The van der Waals surface area contributed by atoms with Gasteiger partial charge in [-0.2, -0.15) is 0 Å². The van der Waals surface area contributed by atoms with Crippen LogP contribution in [0.2, 0.25) is 0 Å². The van der Waals surface area contributed by atoms with E-state index in [-0.39, 0.29) is 23.4 Å². The fourth-order valence-electron chi connectivity index (χ4n) is 3.07. The fraction of sp³-hybridized carbons (Fsp3) is 0.278. The van der Waals surface area contributed by atoms with Crippen molar-refractivity contribution in [2.24, 2.45) is 0 Å². The number of nitrogens with one attached hydrogen (secondary N) is 2. The highest BCUT2D eigenvalue weighted by Gasteiger charge is 2.22. The number of thioether (sulfide) groups is 1. The van der Waals surface area contributed by atoms with Crippen LogP contribution < -0.4 is 5.32 Å². The summed E-state index contributed by atoms with van der Waals surface area (Å²) in [5.74, 6) is 0.322. The molecular formula is C18H17N5O2S. The minimum Gasteiger partial charge on any atom is -0.333 e. The van der Waals surface area contributed by atoms with Crippen molar-refractivity contribution in [3.63, 3.8) is 0 Å². The fourth-order valence-corrected chi connectivity index (χ4v) is 3.75. The van der Waals surface area contributed by atoms with Gasteiger partial charge in [-0.3, -0.25) is 14.9 Å². The SMILES string of the molecule is Cc1nc(NC(=O)CSc2nc3ccccc3[nH]2)nc2c1C(=O)CCC2. The van der Waals surface area contributed by atoms with Gasteiger partial charge in [-0.15, -0.1) is 0 Å². The summed E-state index contributed by atoms with van der Waals surface area (Å²) in [6, 6.07) is 7.71. The summed E-state index contributed by atoms with van der Waals surface area (Å²) in [5, 5.41) is 3.41. The first-order valence-electron chi connectivity index (χ1n) is 8.38. The van der Waals surface area contributed by atoms with Crippen molar-refractivity contribution >= 4 is 40.4 Å². The van der Waals surface area contributed by atoms with E-state index in [1.165, 1.54) is 11.8 Å². The zero-order valence-electron chi connectivity index (χ0n) is 14.2. The summed E-state index contributed by atoms with van der Waals surface area (Å²) in [7, 11) is 0. The molecule has 1 aromatic carbocycles. The summed E-state index contributed by atoms with van der Waals surface area (Å²) in [6.07, 6.45) is 2.07. The third kappa shape index (κ3) is 3.32. The summed E-state index contributed by atoms with van der Waals surface area (Å²) in [4.78, 5) is 40.4. The minimum atomic E-state index is -0.211. The number of carbonyl (C=O) groups is 2. The van der Waals surface area contributed by atoms with Crippen LogP contribution in [0.3, 0.4) is 0 Å². The van der Waals surface area contributed by atoms with Gasteiger partial charge in [0.25, 0.3) is 0 Å². The number of benzene rings is 1. The molecule has 0 radical (unpaired) electrons. The molecule has 132 valence electrons. The van der Waals surface area contributed by atoms with Crippen LogP contribution in [0.25, 0.3) is 11.0 Å². The van der Waals surface area contributed by atoms with Crippen LogP contribution >= 0.6 is 11.8 Å². The maximum absolute atomic E-state index is 12.2. The van der Waals surface area contributed by atoms with Gasteiger partial charge >= 0.3 is 0 Å². The predicted molar refractivity (Wildman–Crippen MR) is 99.5 cm³/mol.